The summed E-state index contributed by atoms with van der Waals surface area (Å²) in [5.41, 5.74) is 4.38. The lowest BCUT2D eigenvalue weighted by molar-refractivity contribution is 0.0836. The predicted molar refractivity (Wildman–Crippen MR) is 105 cm³/mol. The molecule has 1 aromatic carbocycles. The van der Waals surface area contributed by atoms with Crippen LogP contribution in [-0.4, -0.2) is 49.4 Å². The number of piperazine rings is 1. The van der Waals surface area contributed by atoms with Crippen molar-refractivity contribution in [3.05, 3.63) is 47.2 Å². The van der Waals surface area contributed by atoms with Gasteiger partial charge in [-0.3, -0.25) is 0 Å². The van der Waals surface area contributed by atoms with Crippen molar-refractivity contribution >= 4 is 11.5 Å². The summed E-state index contributed by atoms with van der Waals surface area (Å²) >= 11 is 0. The SMILES string of the molecule is Cc1ccc(C)c(N2CCN(c3ncnc(C4CCOCC4)c3F)CC2)c1. The second-order valence-electron chi connectivity index (χ2n) is 7.55. The number of benzene rings is 1. The maximum Gasteiger partial charge on any atom is 0.187 e. The highest BCUT2D eigenvalue weighted by atomic mass is 19.1. The number of hydrogen-bond acceptors (Lipinski definition) is 5. The summed E-state index contributed by atoms with van der Waals surface area (Å²) < 4.78 is 20.6. The minimum absolute atomic E-state index is 0.136. The minimum Gasteiger partial charge on any atom is -0.381 e. The Bertz CT molecular complexity index is 799. The van der Waals surface area contributed by atoms with Crippen LogP contribution in [-0.2, 0) is 4.74 Å². The van der Waals surface area contributed by atoms with Crippen LogP contribution in [0.4, 0.5) is 15.9 Å². The zero-order valence-corrected chi connectivity index (χ0v) is 16.1. The Morgan fingerprint density at radius 1 is 1.00 bits per heavy atom. The van der Waals surface area contributed by atoms with Gasteiger partial charge in [0.05, 0.1) is 5.69 Å². The Balaban J connectivity index is 1.49. The molecule has 27 heavy (non-hydrogen) atoms. The van der Waals surface area contributed by atoms with Crippen LogP contribution in [0.2, 0.25) is 0 Å². The maximum absolute atomic E-state index is 15.2. The number of anilines is 2. The van der Waals surface area contributed by atoms with Crippen molar-refractivity contribution in [3.8, 4) is 0 Å². The highest BCUT2D eigenvalue weighted by molar-refractivity contribution is 5.56. The van der Waals surface area contributed by atoms with E-state index in [-0.39, 0.29) is 11.7 Å². The van der Waals surface area contributed by atoms with E-state index in [1.165, 1.54) is 23.1 Å². The van der Waals surface area contributed by atoms with Crippen molar-refractivity contribution in [3.63, 3.8) is 0 Å². The van der Waals surface area contributed by atoms with Crippen molar-refractivity contribution in [1.29, 1.82) is 0 Å². The molecule has 0 saturated carbocycles. The molecule has 4 rings (SSSR count). The lowest BCUT2D eigenvalue weighted by Gasteiger charge is -2.37. The smallest absolute Gasteiger partial charge is 0.187 e. The molecular weight excluding hydrogens is 343 g/mol. The Morgan fingerprint density at radius 3 is 2.44 bits per heavy atom. The molecule has 5 nitrogen and oxygen atoms in total. The van der Waals surface area contributed by atoms with Crippen molar-refractivity contribution in [2.75, 3.05) is 49.2 Å². The van der Waals surface area contributed by atoms with Crippen LogP contribution in [0.1, 0.15) is 35.6 Å². The van der Waals surface area contributed by atoms with E-state index < -0.39 is 0 Å². The summed E-state index contributed by atoms with van der Waals surface area (Å²) in [7, 11) is 0. The van der Waals surface area contributed by atoms with Crippen LogP contribution in [0, 0.1) is 19.7 Å². The Kier molecular flexibility index (Phi) is 5.25. The average Bonchev–Trinajstić information content (AvgIpc) is 2.71. The third-order valence-electron chi connectivity index (χ3n) is 5.69. The monoisotopic (exact) mass is 370 g/mol. The third kappa shape index (κ3) is 3.76. The maximum atomic E-state index is 15.2. The summed E-state index contributed by atoms with van der Waals surface area (Å²) in [4.78, 5) is 13.0. The number of hydrogen-bond donors (Lipinski definition) is 0. The van der Waals surface area contributed by atoms with Crippen molar-refractivity contribution in [2.24, 2.45) is 0 Å². The zero-order chi connectivity index (χ0) is 18.8. The van der Waals surface area contributed by atoms with Crippen molar-refractivity contribution in [1.82, 2.24) is 9.97 Å². The average molecular weight is 370 g/mol. The summed E-state index contributed by atoms with van der Waals surface area (Å²) in [5.74, 6) is 0.341. The van der Waals surface area contributed by atoms with Gasteiger partial charge in [-0.25, -0.2) is 14.4 Å². The van der Waals surface area contributed by atoms with Gasteiger partial charge in [0.1, 0.15) is 6.33 Å². The van der Waals surface area contributed by atoms with Crippen LogP contribution in [0.5, 0.6) is 0 Å². The van der Waals surface area contributed by atoms with Gasteiger partial charge >= 0.3 is 0 Å². The van der Waals surface area contributed by atoms with E-state index in [1.807, 2.05) is 0 Å². The second-order valence-corrected chi connectivity index (χ2v) is 7.55. The molecule has 2 saturated heterocycles. The highest BCUT2D eigenvalue weighted by Crippen LogP contribution is 2.31. The van der Waals surface area contributed by atoms with Gasteiger partial charge in [0, 0.05) is 51.0 Å². The molecule has 0 bridgehead atoms. The molecule has 2 aliphatic heterocycles. The molecule has 3 heterocycles. The molecule has 2 aromatic rings. The van der Waals surface area contributed by atoms with Gasteiger partial charge in [-0.2, -0.15) is 0 Å². The van der Waals surface area contributed by atoms with E-state index in [1.54, 1.807) is 0 Å². The normalized spacial score (nSPS) is 18.8. The predicted octanol–water partition coefficient (Wildman–Crippen LogP) is 3.45. The number of nitrogens with zero attached hydrogens (tertiary/aromatic N) is 4. The fourth-order valence-electron chi connectivity index (χ4n) is 4.07. The topological polar surface area (TPSA) is 41.5 Å². The Hall–Kier alpha value is -2.21. The first-order chi connectivity index (χ1) is 13.1. The molecular formula is C21H27FN4O. The second kappa shape index (κ2) is 7.80. The quantitative estimate of drug-likeness (QED) is 0.828. The van der Waals surface area contributed by atoms with Crippen molar-refractivity contribution < 1.29 is 9.13 Å². The van der Waals surface area contributed by atoms with Crippen molar-refractivity contribution in [2.45, 2.75) is 32.6 Å². The molecule has 144 valence electrons. The van der Waals surface area contributed by atoms with Gasteiger partial charge in [0.25, 0.3) is 0 Å². The Labute approximate surface area is 160 Å². The molecule has 1 aromatic heterocycles. The minimum atomic E-state index is -0.246. The van der Waals surface area contributed by atoms with Crippen LogP contribution in [0.25, 0.3) is 0 Å². The zero-order valence-electron chi connectivity index (χ0n) is 16.1. The number of rotatable bonds is 3. The van der Waals surface area contributed by atoms with E-state index in [0.29, 0.717) is 24.7 Å². The summed E-state index contributed by atoms with van der Waals surface area (Å²) in [6, 6.07) is 6.55. The van der Waals surface area contributed by atoms with Gasteiger partial charge in [-0.1, -0.05) is 12.1 Å². The largest absolute Gasteiger partial charge is 0.381 e. The summed E-state index contributed by atoms with van der Waals surface area (Å²) in [6.45, 7) is 8.86. The van der Waals surface area contributed by atoms with E-state index in [2.05, 4.69) is 51.8 Å². The molecule has 0 amide bonds. The number of halogens is 1. The molecule has 0 aliphatic carbocycles. The molecule has 6 heteroatoms. The number of aryl methyl sites for hydroxylation is 2. The third-order valence-corrected chi connectivity index (χ3v) is 5.69. The van der Waals surface area contributed by atoms with Gasteiger partial charge < -0.3 is 14.5 Å². The van der Waals surface area contributed by atoms with E-state index in [9.17, 15) is 0 Å². The first-order valence-electron chi connectivity index (χ1n) is 9.79. The lowest BCUT2D eigenvalue weighted by atomic mass is 9.96. The van der Waals surface area contributed by atoms with Gasteiger partial charge in [-0.05, 0) is 43.9 Å². The van der Waals surface area contributed by atoms with Crippen LogP contribution in [0.15, 0.2) is 24.5 Å². The van der Waals surface area contributed by atoms with E-state index >= 15 is 4.39 Å². The first-order valence-corrected chi connectivity index (χ1v) is 9.79. The van der Waals surface area contributed by atoms with Gasteiger partial charge in [0.2, 0.25) is 0 Å². The summed E-state index contributed by atoms with van der Waals surface area (Å²) in [5, 5.41) is 0. The molecule has 2 fully saturated rings. The van der Waals surface area contributed by atoms with E-state index in [4.69, 9.17) is 4.74 Å². The molecule has 0 atom stereocenters. The Morgan fingerprint density at radius 2 is 1.70 bits per heavy atom. The summed E-state index contributed by atoms with van der Waals surface area (Å²) in [6.07, 6.45) is 3.17. The fourth-order valence-corrected chi connectivity index (χ4v) is 4.07. The fraction of sp³-hybridized carbons (Fsp3) is 0.524. The lowest BCUT2D eigenvalue weighted by Crippen LogP contribution is -2.47. The van der Waals surface area contributed by atoms with Crippen LogP contribution < -0.4 is 9.80 Å². The van der Waals surface area contributed by atoms with E-state index in [0.717, 1.165) is 39.0 Å². The van der Waals surface area contributed by atoms with Crippen LogP contribution >= 0.6 is 0 Å². The van der Waals surface area contributed by atoms with Gasteiger partial charge in [-0.15, -0.1) is 0 Å². The first kappa shape index (κ1) is 18.2. The molecule has 0 N–H and O–H groups in total. The molecule has 0 spiro atoms. The molecule has 0 radical (unpaired) electrons. The van der Waals surface area contributed by atoms with Gasteiger partial charge in [0.15, 0.2) is 11.6 Å². The standard InChI is InChI=1S/C21H27FN4O/c1-15-3-4-16(2)18(13-15)25-7-9-26(10-8-25)21-19(22)20(23-14-24-21)17-5-11-27-12-6-17/h3-4,13-14,17H,5-12H2,1-2H3. The number of ether oxygens (including phenoxy) is 1. The van der Waals surface area contributed by atoms with Crippen LogP contribution in [0.3, 0.4) is 0 Å². The number of aromatic nitrogens is 2. The highest BCUT2D eigenvalue weighted by Gasteiger charge is 2.27. The molecule has 2 aliphatic rings. The molecule has 0 unspecified atom stereocenters.